The number of carbonyl (C=O) groups excluding carboxylic acids is 1. The molecule has 0 aromatic heterocycles. The molecule has 0 radical (unpaired) electrons. The van der Waals surface area contributed by atoms with Crippen LogP contribution >= 0.6 is 0 Å². The molecule has 1 saturated heterocycles. The summed E-state index contributed by atoms with van der Waals surface area (Å²) in [6.45, 7) is 2.61. The van der Waals surface area contributed by atoms with E-state index in [-0.39, 0.29) is 12.0 Å². The first-order chi connectivity index (χ1) is 9.00. The molecule has 0 aliphatic carbocycles. The van der Waals surface area contributed by atoms with Crippen LogP contribution in [0.2, 0.25) is 0 Å². The number of hydrogen-bond donors (Lipinski definition) is 2. The average Bonchev–Trinajstić information content (AvgIpc) is 2.38. The summed E-state index contributed by atoms with van der Waals surface area (Å²) in [6.07, 6.45) is 1.18. The van der Waals surface area contributed by atoms with Crippen molar-refractivity contribution in [1.29, 1.82) is 0 Å². The fourth-order valence-electron chi connectivity index (χ4n) is 2.69. The number of aliphatic carboxylic acids is 1. The third-order valence-electron chi connectivity index (χ3n) is 3.70. The number of carboxylic acids is 1. The fraction of sp³-hybridized carbons (Fsp3) is 0.429. The Hall–Kier alpha value is -2.04. The number of carboxylic acid groups (broad SMARTS) is 1. The molecule has 1 heterocycles. The molecule has 102 valence electrons. The predicted octanol–water partition coefficient (Wildman–Crippen LogP) is 1.47. The maximum absolute atomic E-state index is 11.4. The van der Waals surface area contributed by atoms with E-state index in [0.29, 0.717) is 24.9 Å². The molecule has 2 unspecified atom stereocenters. The van der Waals surface area contributed by atoms with E-state index in [9.17, 15) is 9.59 Å². The van der Waals surface area contributed by atoms with E-state index in [0.717, 1.165) is 5.69 Å². The average molecular weight is 262 g/mol. The number of nitrogens with two attached hydrogens (primary N) is 1. The Morgan fingerprint density at radius 2 is 2.05 bits per heavy atom. The van der Waals surface area contributed by atoms with Crippen molar-refractivity contribution in [3.05, 3.63) is 29.8 Å². The third kappa shape index (κ3) is 2.70. The van der Waals surface area contributed by atoms with Crippen molar-refractivity contribution in [2.24, 2.45) is 11.7 Å². The number of para-hydroxylation sites is 1. The lowest BCUT2D eigenvalue weighted by atomic mass is 9.91. The molecule has 5 heteroatoms. The topological polar surface area (TPSA) is 83.6 Å². The van der Waals surface area contributed by atoms with Crippen LogP contribution in [0.1, 0.15) is 30.1 Å². The molecule has 1 fully saturated rings. The fourth-order valence-corrected chi connectivity index (χ4v) is 2.69. The van der Waals surface area contributed by atoms with E-state index in [1.54, 1.807) is 12.1 Å². The number of carbonyl (C=O) groups is 2. The van der Waals surface area contributed by atoms with E-state index in [1.807, 2.05) is 19.1 Å². The van der Waals surface area contributed by atoms with Crippen LogP contribution in [0.4, 0.5) is 5.69 Å². The van der Waals surface area contributed by atoms with E-state index < -0.39 is 11.9 Å². The van der Waals surface area contributed by atoms with Gasteiger partial charge in [0.15, 0.2) is 0 Å². The van der Waals surface area contributed by atoms with E-state index in [1.165, 1.54) is 0 Å². The van der Waals surface area contributed by atoms with Crippen LogP contribution < -0.4 is 10.6 Å². The first-order valence-electron chi connectivity index (χ1n) is 6.39. The van der Waals surface area contributed by atoms with Crippen molar-refractivity contribution >= 4 is 17.6 Å². The van der Waals surface area contributed by atoms with Gasteiger partial charge in [0.05, 0.1) is 11.5 Å². The van der Waals surface area contributed by atoms with Crippen LogP contribution in [0.3, 0.4) is 0 Å². The van der Waals surface area contributed by atoms with Crippen LogP contribution in [0.5, 0.6) is 0 Å². The molecule has 19 heavy (non-hydrogen) atoms. The van der Waals surface area contributed by atoms with Crippen molar-refractivity contribution in [2.75, 3.05) is 11.4 Å². The monoisotopic (exact) mass is 262 g/mol. The van der Waals surface area contributed by atoms with E-state index >= 15 is 0 Å². The second kappa shape index (κ2) is 5.30. The van der Waals surface area contributed by atoms with Gasteiger partial charge < -0.3 is 15.7 Å². The van der Waals surface area contributed by atoms with Crippen LogP contribution in [0.15, 0.2) is 24.3 Å². The van der Waals surface area contributed by atoms with Crippen molar-refractivity contribution < 1.29 is 14.7 Å². The van der Waals surface area contributed by atoms with Crippen molar-refractivity contribution in [3.8, 4) is 0 Å². The van der Waals surface area contributed by atoms with E-state index in [2.05, 4.69) is 4.90 Å². The number of hydrogen-bond acceptors (Lipinski definition) is 3. The van der Waals surface area contributed by atoms with Crippen molar-refractivity contribution in [1.82, 2.24) is 0 Å². The Kier molecular flexibility index (Phi) is 3.74. The van der Waals surface area contributed by atoms with Crippen LogP contribution in [0.25, 0.3) is 0 Å². The Morgan fingerprint density at radius 3 is 2.63 bits per heavy atom. The SMILES string of the molecule is CC1CC(C(=O)O)CCN1c1ccccc1C(N)=O. The van der Waals surface area contributed by atoms with Gasteiger partial charge in [0.2, 0.25) is 0 Å². The normalized spacial score (nSPS) is 23.1. The lowest BCUT2D eigenvalue weighted by Crippen LogP contribution is -2.43. The highest BCUT2D eigenvalue weighted by Crippen LogP contribution is 2.30. The van der Waals surface area contributed by atoms with Gasteiger partial charge in [-0.3, -0.25) is 9.59 Å². The molecular weight excluding hydrogens is 244 g/mol. The van der Waals surface area contributed by atoms with Crippen LogP contribution in [-0.4, -0.2) is 29.6 Å². The maximum Gasteiger partial charge on any atom is 0.306 e. The Balaban J connectivity index is 2.24. The van der Waals surface area contributed by atoms with Gasteiger partial charge >= 0.3 is 5.97 Å². The number of primary amides is 1. The molecule has 1 aromatic rings. The standard InChI is InChI=1S/C14H18N2O3/c1-9-8-10(14(18)19)6-7-16(9)12-5-3-2-4-11(12)13(15)17/h2-5,9-10H,6-8H2,1H3,(H2,15,17)(H,18,19). The lowest BCUT2D eigenvalue weighted by molar-refractivity contribution is -0.142. The van der Waals surface area contributed by atoms with Crippen molar-refractivity contribution in [3.63, 3.8) is 0 Å². The molecule has 0 spiro atoms. The zero-order chi connectivity index (χ0) is 14.0. The zero-order valence-corrected chi connectivity index (χ0v) is 10.9. The van der Waals surface area contributed by atoms with Crippen LogP contribution in [0, 0.1) is 5.92 Å². The first-order valence-corrected chi connectivity index (χ1v) is 6.39. The highest BCUT2D eigenvalue weighted by atomic mass is 16.4. The smallest absolute Gasteiger partial charge is 0.306 e. The van der Waals surface area contributed by atoms with Crippen molar-refractivity contribution in [2.45, 2.75) is 25.8 Å². The van der Waals surface area contributed by atoms with Gasteiger partial charge in [-0.2, -0.15) is 0 Å². The van der Waals surface area contributed by atoms with Gasteiger partial charge in [-0.15, -0.1) is 0 Å². The summed E-state index contributed by atoms with van der Waals surface area (Å²) in [6, 6.07) is 7.27. The summed E-state index contributed by atoms with van der Waals surface area (Å²) in [5, 5.41) is 9.06. The Labute approximate surface area is 112 Å². The highest BCUT2D eigenvalue weighted by molar-refractivity contribution is 5.98. The van der Waals surface area contributed by atoms with Crippen LogP contribution in [-0.2, 0) is 4.79 Å². The maximum atomic E-state index is 11.4. The second-order valence-corrected chi connectivity index (χ2v) is 4.98. The number of piperidine rings is 1. The number of anilines is 1. The molecule has 0 bridgehead atoms. The summed E-state index contributed by atoms with van der Waals surface area (Å²) in [5.41, 5.74) is 6.67. The first kappa shape index (κ1) is 13.4. The van der Waals surface area contributed by atoms with Gasteiger partial charge in [-0.25, -0.2) is 0 Å². The van der Waals surface area contributed by atoms with Gasteiger partial charge in [-0.1, -0.05) is 12.1 Å². The molecular formula is C14H18N2O3. The summed E-state index contributed by atoms with van der Waals surface area (Å²) in [7, 11) is 0. The predicted molar refractivity (Wildman–Crippen MR) is 72.1 cm³/mol. The number of nitrogens with zero attached hydrogens (tertiary/aromatic N) is 1. The summed E-state index contributed by atoms with van der Waals surface area (Å²) < 4.78 is 0. The molecule has 1 aromatic carbocycles. The van der Waals surface area contributed by atoms with Gasteiger partial charge in [0, 0.05) is 18.3 Å². The Morgan fingerprint density at radius 1 is 1.37 bits per heavy atom. The molecule has 2 rings (SSSR count). The largest absolute Gasteiger partial charge is 0.481 e. The minimum absolute atomic E-state index is 0.0790. The molecule has 3 N–H and O–H groups in total. The summed E-state index contributed by atoms with van der Waals surface area (Å²) in [5.74, 6) is -1.50. The van der Waals surface area contributed by atoms with Gasteiger partial charge in [-0.05, 0) is 31.9 Å². The molecule has 0 saturated carbocycles. The molecule has 1 aliphatic rings. The Bertz CT molecular complexity index is 501. The minimum atomic E-state index is -0.741. The highest BCUT2D eigenvalue weighted by Gasteiger charge is 2.30. The summed E-state index contributed by atoms with van der Waals surface area (Å²) in [4.78, 5) is 24.5. The van der Waals surface area contributed by atoms with Gasteiger partial charge in [0.25, 0.3) is 5.91 Å². The zero-order valence-electron chi connectivity index (χ0n) is 10.9. The number of benzene rings is 1. The minimum Gasteiger partial charge on any atom is -0.481 e. The molecule has 1 amide bonds. The van der Waals surface area contributed by atoms with E-state index in [4.69, 9.17) is 10.8 Å². The second-order valence-electron chi connectivity index (χ2n) is 4.98. The molecule has 2 atom stereocenters. The quantitative estimate of drug-likeness (QED) is 0.864. The third-order valence-corrected chi connectivity index (χ3v) is 3.70. The molecule has 5 nitrogen and oxygen atoms in total. The number of rotatable bonds is 3. The number of amides is 1. The summed E-state index contributed by atoms with van der Waals surface area (Å²) >= 11 is 0. The van der Waals surface area contributed by atoms with Gasteiger partial charge in [0.1, 0.15) is 0 Å². The lowest BCUT2D eigenvalue weighted by Gasteiger charge is -2.38. The molecule has 1 aliphatic heterocycles.